The summed E-state index contributed by atoms with van der Waals surface area (Å²) in [5.41, 5.74) is 2.46. The summed E-state index contributed by atoms with van der Waals surface area (Å²) in [5.74, 6) is 1.08. The van der Waals surface area contributed by atoms with Crippen LogP contribution in [0, 0.1) is 6.92 Å². The van der Waals surface area contributed by atoms with Gasteiger partial charge in [0.05, 0.1) is 0 Å². The van der Waals surface area contributed by atoms with Gasteiger partial charge in [-0.25, -0.2) is 9.97 Å². The number of benzene rings is 1. The highest BCUT2D eigenvalue weighted by Gasteiger charge is 2.19. The third-order valence-electron chi connectivity index (χ3n) is 4.42. The lowest BCUT2D eigenvalue weighted by Gasteiger charge is -2.14. The molecular formula is C19H25N5O. The Balaban J connectivity index is 1.73. The van der Waals surface area contributed by atoms with Crippen molar-refractivity contribution in [2.45, 2.75) is 38.6 Å². The van der Waals surface area contributed by atoms with Gasteiger partial charge >= 0.3 is 0 Å². The molecule has 0 atom stereocenters. The van der Waals surface area contributed by atoms with Gasteiger partial charge in [-0.3, -0.25) is 4.79 Å². The topological polar surface area (TPSA) is 70.2 Å². The van der Waals surface area contributed by atoms with E-state index in [2.05, 4.69) is 20.6 Å². The van der Waals surface area contributed by atoms with Gasteiger partial charge in [0.1, 0.15) is 17.3 Å². The fourth-order valence-corrected chi connectivity index (χ4v) is 3.07. The summed E-state index contributed by atoms with van der Waals surface area (Å²) < 4.78 is 0. The van der Waals surface area contributed by atoms with Crippen LogP contribution in [-0.2, 0) is 0 Å². The highest BCUT2D eigenvalue weighted by Crippen LogP contribution is 2.21. The molecule has 0 radical (unpaired) electrons. The van der Waals surface area contributed by atoms with Crippen molar-refractivity contribution in [3.05, 3.63) is 41.9 Å². The maximum absolute atomic E-state index is 12.4. The number of amides is 1. The number of carbonyl (C=O) groups is 1. The molecular weight excluding hydrogens is 314 g/mol. The van der Waals surface area contributed by atoms with Gasteiger partial charge in [-0.15, -0.1) is 0 Å². The van der Waals surface area contributed by atoms with E-state index in [4.69, 9.17) is 0 Å². The number of aromatic nitrogens is 2. The maximum Gasteiger partial charge on any atom is 0.270 e. The molecule has 6 nitrogen and oxygen atoms in total. The molecule has 6 heteroatoms. The van der Waals surface area contributed by atoms with E-state index in [-0.39, 0.29) is 11.9 Å². The third kappa shape index (κ3) is 4.47. The Morgan fingerprint density at radius 3 is 2.44 bits per heavy atom. The number of nitrogens with one attached hydrogen (secondary N) is 2. The molecule has 2 N–H and O–H groups in total. The summed E-state index contributed by atoms with van der Waals surface area (Å²) in [4.78, 5) is 23.2. The number of anilines is 3. The van der Waals surface area contributed by atoms with Crippen molar-refractivity contribution in [3.63, 3.8) is 0 Å². The largest absolute Gasteiger partial charge is 0.378 e. The molecule has 0 bridgehead atoms. The van der Waals surface area contributed by atoms with Crippen LogP contribution in [0.3, 0.4) is 0 Å². The highest BCUT2D eigenvalue weighted by molar-refractivity contribution is 5.93. The van der Waals surface area contributed by atoms with Crippen LogP contribution in [-0.4, -0.2) is 36.0 Å². The molecule has 1 aromatic heterocycles. The number of rotatable bonds is 5. The van der Waals surface area contributed by atoms with Gasteiger partial charge in [0.15, 0.2) is 0 Å². The van der Waals surface area contributed by atoms with Crippen LogP contribution < -0.4 is 15.5 Å². The minimum Gasteiger partial charge on any atom is -0.378 e. The van der Waals surface area contributed by atoms with Gasteiger partial charge < -0.3 is 15.5 Å². The van der Waals surface area contributed by atoms with E-state index >= 15 is 0 Å². The predicted octanol–water partition coefficient (Wildman–Crippen LogP) is 3.27. The summed E-state index contributed by atoms with van der Waals surface area (Å²) >= 11 is 0. The zero-order chi connectivity index (χ0) is 17.8. The number of aryl methyl sites for hydroxylation is 1. The Bertz CT molecular complexity index is 736. The van der Waals surface area contributed by atoms with Crippen molar-refractivity contribution in [1.29, 1.82) is 0 Å². The van der Waals surface area contributed by atoms with Crippen LogP contribution in [0.1, 0.15) is 42.0 Å². The number of nitrogens with zero attached hydrogens (tertiary/aromatic N) is 3. The molecule has 0 spiro atoms. The van der Waals surface area contributed by atoms with Crippen LogP contribution in [0.4, 0.5) is 17.2 Å². The fourth-order valence-electron chi connectivity index (χ4n) is 3.07. The maximum atomic E-state index is 12.4. The molecule has 1 heterocycles. The van der Waals surface area contributed by atoms with Crippen LogP contribution in [0.15, 0.2) is 30.3 Å². The van der Waals surface area contributed by atoms with Crippen LogP contribution in [0.25, 0.3) is 0 Å². The van der Waals surface area contributed by atoms with Crippen molar-refractivity contribution in [1.82, 2.24) is 15.3 Å². The van der Waals surface area contributed by atoms with Gasteiger partial charge in [-0.1, -0.05) is 12.8 Å². The molecule has 1 fully saturated rings. The lowest BCUT2D eigenvalue weighted by atomic mass is 10.2. The molecule has 1 saturated carbocycles. The molecule has 2 aromatic rings. The zero-order valence-electron chi connectivity index (χ0n) is 15.0. The standard InChI is InChI=1S/C19H25N5O/c1-13-20-17(19(25)23-14-6-4-5-7-14)12-18(21-13)22-15-8-10-16(11-9-15)24(2)3/h8-12,14H,4-7H2,1-3H3,(H,23,25)(H,20,21,22). The second-order valence-corrected chi connectivity index (χ2v) is 6.71. The number of hydrogen-bond acceptors (Lipinski definition) is 5. The minimum atomic E-state index is -0.122. The summed E-state index contributed by atoms with van der Waals surface area (Å²) in [5, 5.41) is 6.32. The van der Waals surface area contributed by atoms with E-state index in [0.29, 0.717) is 17.3 Å². The van der Waals surface area contributed by atoms with Gasteiger partial charge in [0.25, 0.3) is 5.91 Å². The Hall–Kier alpha value is -2.63. The SMILES string of the molecule is Cc1nc(Nc2ccc(N(C)C)cc2)cc(C(=O)NC2CCCC2)n1. The van der Waals surface area contributed by atoms with Crippen LogP contribution in [0.5, 0.6) is 0 Å². The molecule has 25 heavy (non-hydrogen) atoms. The molecule has 1 aliphatic rings. The molecule has 1 aromatic carbocycles. The molecule has 3 rings (SSSR count). The van der Waals surface area contributed by atoms with E-state index in [9.17, 15) is 4.79 Å². The van der Waals surface area contributed by atoms with Crippen molar-refractivity contribution in [3.8, 4) is 0 Å². The first-order chi connectivity index (χ1) is 12.0. The predicted molar refractivity (Wildman–Crippen MR) is 101 cm³/mol. The molecule has 1 amide bonds. The van der Waals surface area contributed by atoms with Gasteiger partial charge in [-0.2, -0.15) is 0 Å². The minimum absolute atomic E-state index is 0.122. The summed E-state index contributed by atoms with van der Waals surface area (Å²) in [6.45, 7) is 1.80. The van der Waals surface area contributed by atoms with Crippen molar-refractivity contribution < 1.29 is 4.79 Å². The Morgan fingerprint density at radius 1 is 1.12 bits per heavy atom. The van der Waals surface area contributed by atoms with E-state index in [0.717, 1.165) is 24.2 Å². The molecule has 0 unspecified atom stereocenters. The lowest BCUT2D eigenvalue weighted by molar-refractivity contribution is 0.0932. The normalized spacial score (nSPS) is 14.4. The first kappa shape index (κ1) is 17.2. The average molecular weight is 339 g/mol. The number of hydrogen-bond donors (Lipinski definition) is 2. The van der Waals surface area contributed by atoms with Gasteiger partial charge in [0.2, 0.25) is 0 Å². The van der Waals surface area contributed by atoms with E-state index in [1.165, 1.54) is 12.8 Å². The second-order valence-electron chi connectivity index (χ2n) is 6.71. The van der Waals surface area contributed by atoms with Crippen molar-refractivity contribution >= 4 is 23.1 Å². The van der Waals surface area contributed by atoms with Gasteiger partial charge in [0, 0.05) is 37.6 Å². The van der Waals surface area contributed by atoms with Crippen LogP contribution >= 0.6 is 0 Å². The lowest BCUT2D eigenvalue weighted by Crippen LogP contribution is -2.33. The first-order valence-electron chi connectivity index (χ1n) is 8.72. The summed E-state index contributed by atoms with van der Waals surface area (Å²) in [6.07, 6.45) is 4.48. The second kappa shape index (κ2) is 7.51. The monoisotopic (exact) mass is 339 g/mol. The molecule has 132 valence electrons. The van der Waals surface area contributed by atoms with Crippen LogP contribution in [0.2, 0.25) is 0 Å². The average Bonchev–Trinajstić information content (AvgIpc) is 3.07. The van der Waals surface area contributed by atoms with Gasteiger partial charge in [-0.05, 0) is 44.0 Å². The third-order valence-corrected chi connectivity index (χ3v) is 4.42. The Labute approximate surface area is 148 Å². The quantitative estimate of drug-likeness (QED) is 0.875. The van der Waals surface area contributed by atoms with E-state index in [1.54, 1.807) is 13.0 Å². The summed E-state index contributed by atoms with van der Waals surface area (Å²) in [6, 6.07) is 10.0. The Kier molecular flexibility index (Phi) is 5.16. The Morgan fingerprint density at radius 2 is 1.80 bits per heavy atom. The van der Waals surface area contributed by atoms with E-state index < -0.39 is 0 Å². The highest BCUT2D eigenvalue weighted by atomic mass is 16.1. The van der Waals surface area contributed by atoms with E-state index in [1.807, 2.05) is 43.3 Å². The first-order valence-corrected chi connectivity index (χ1v) is 8.72. The zero-order valence-corrected chi connectivity index (χ0v) is 15.0. The smallest absolute Gasteiger partial charge is 0.270 e. The summed E-state index contributed by atoms with van der Waals surface area (Å²) in [7, 11) is 4.01. The number of carbonyl (C=O) groups excluding carboxylic acids is 1. The fraction of sp³-hybridized carbons (Fsp3) is 0.421. The molecule has 0 saturated heterocycles. The van der Waals surface area contributed by atoms with Crippen molar-refractivity contribution in [2.75, 3.05) is 24.3 Å². The van der Waals surface area contributed by atoms with Crippen molar-refractivity contribution in [2.24, 2.45) is 0 Å². The molecule has 0 aliphatic heterocycles. The molecule has 1 aliphatic carbocycles.